The maximum Gasteiger partial charge on any atom is 0.265 e. The normalized spacial score (nSPS) is 11.5. The SMILES string of the molecule is [C-]#[N+]C(C#N)=C(C)c1ccc(OCCC(C)CCOc2ccc(C(C)=C(C#N)C#N)cc2)cc1. The molecule has 0 heterocycles. The van der Waals surface area contributed by atoms with Crippen LogP contribution in [0.4, 0.5) is 0 Å². The largest absolute Gasteiger partial charge is 0.494 e. The third kappa shape index (κ3) is 7.27. The zero-order valence-corrected chi connectivity index (χ0v) is 19.6. The van der Waals surface area contributed by atoms with Crippen molar-refractivity contribution in [1.82, 2.24) is 0 Å². The first kappa shape index (κ1) is 25.7. The number of allylic oxidation sites excluding steroid dienone is 4. The van der Waals surface area contributed by atoms with E-state index in [1.54, 1.807) is 13.8 Å². The molecule has 0 N–H and O–H groups in total. The number of benzene rings is 2. The van der Waals surface area contributed by atoms with E-state index in [-0.39, 0.29) is 11.3 Å². The zero-order chi connectivity index (χ0) is 24.9. The fraction of sp³-hybridized carbons (Fsp3) is 0.286. The molecule has 1 unspecified atom stereocenters. The van der Waals surface area contributed by atoms with E-state index in [0.29, 0.717) is 30.3 Å². The average molecular weight is 451 g/mol. The molecule has 0 aromatic heterocycles. The van der Waals surface area contributed by atoms with E-state index in [4.69, 9.17) is 31.8 Å². The lowest BCUT2D eigenvalue weighted by Gasteiger charge is -2.14. The third-order valence-corrected chi connectivity index (χ3v) is 5.50. The molecule has 2 aromatic carbocycles. The van der Waals surface area contributed by atoms with Crippen LogP contribution in [0.25, 0.3) is 16.0 Å². The van der Waals surface area contributed by atoms with E-state index in [1.165, 1.54) is 0 Å². The summed E-state index contributed by atoms with van der Waals surface area (Å²) < 4.78 is 11.7. The van der Waals surface area contributed by atoms with E-state index in [0.717, 1.165) is 35.5 Å². The number of ether oxygens (including phenoxy) is 2. The molecule has 6 nitrogen and oxygen atoms in total. The Morgan fingerprint density at radius 1 is 0.794 bits per heavy atom. The van der Waals surface area contributed by atoms with E-state index in [9.17, 15) is 0 Å². The second-order valence-corrected chi connectivity index (χ2v) is 7.85. The number of nitriles is 3. The van der Waals surface area contributed by atoms with Crippen molar-refractivity contribution in [3.8, 4) is 29.7 Å². The Balaban J connectivity index is 1.76. The van der Waals surface area contributed by atoms with Gasteiger partial charge in [0.1, 0.15) is 29.2 Å². The van der Waals surface area contributed by atoms with Gasteiger partial charge in [0.15, 0.2) is 0 Å². The smallest absolute Gasteiger partial charge is 0.265 e. The van der Waals surface area contributed by atoms with Crippen molar-refractivity contribution in [2.24, 2.45) is 5.92 Å². The van der Waals surface area contributed by atoms with Crippen LogP contribution in [0.15, 0.2) is 59.8 Å². The summed E-state index contributed by atoms with van der Waals surface area (Å²) in [5, 5.41) is 27.0. The lowest BCUT2D eigenvalue weighted by atomic mass is 10.0. The molecule has 0 aliphatic rings. The van der Waals surface area contributed by atoms with Crippen LogP contribution in [0.1, 0.15) is 44.7 Å². The predicted octanol–water partition coefficient (Wildman–Crippen LogP) is 6.56. The summed E-state index contributed by atoms with van der Waals surface area (Å²) >= 11 is 0. The number of rotatable bonds is 10. The van der Waals surface area contributed by atoms with E-state index >= 15 is 0 Å². The Labute approximate surface area is 201 Å². The summed E-state index contributed by atoms with van der Waals surface area (Å²) in [4.78, 5) is 3.25. The second-order valence-electron chi connectivity index (χ2n) is 7.85. The Bertz CT molecular complexity index is 1080. The molecule has 0 aliphatic heterocycles. The van der Waals surface area contributed by atoms with Crippen molar-refractivity contribution in [1.29, 1.82) is 15.8 Å². The summed E-state index contributed by atoms with van der Waals surface area (Å²) in [5.74, 6) is 1.92. The molecule has 0 radical (unpaired) electrons. The van der Waals surface area contributed by atoms with E-state index in [2.05, 4.69) is 11.8 Å². The first-order chi connectivity index (χ1) is 16.4. The lowest BCUT2D eigenvalue weighted by molar-refractivity contribution is 0.245. The molecule has 6 heteroatoms. The maximum absolute atomic E-state index is 9.00. The van der Waals surface area contributed by atoms with Crippen LogP contribution in [0.5, 0.6) is 11.5 Å². The molecule has 0 aliphatic carbocycles. The number of hydrogen-bond acceptors (Lipinski definition) is 5. The molecule has 0 spiro atoms. The summed E-state index contributed by atoms with van der Waals surface area (Å²) in [6.07, 6.45) is 1.77. The molecule has 34 heavy (non-hydrogen) atoms. The molecule has 1 atom stereocenters. The van der Waals surface area contributed by atoms with Gasteiger partial charge in [-0.15, -0.1) is 0 Å². The summed E-state index contributed by atoms with van der Waals surface area (Å²) in [5.41, 5.74) is 3.18. The highest BCUT2D eigenvalue weighted by Crippen LogP contribution is 2.23. The van der Waals surface area contributed by atoms with E-state index in [1.807, 2.05) is 66.7 Å². The van der Waals surface area contributed by atoms with Gasteiger partial charge in [-0.25, -0.2) is 10.1 Å². The van der Waals surface area contributed by atoms with Crippen LogP contribution >= 0.6 is 0 Å². The molecule has 2 aromatic rings. The third-order valence-electron chi connectivity index (χ3n) is 5.50. The number of nitrogens with zero attached hydrogens (tertiary/aromatic N) is 4. The topological polar surface area (TPSA) is 94.2 Å². The van der Waals surface area contributed by atoms with Gasteiger partial charge in [0, 0.05) is 0 Å². The average Bonchev–Trinajstić information content (AvgIpc) is 2.86. The van der Waals surface area contributed by atoms with Gasteiger partial charge >= 0.3 is 0 Å². The summed E-state index contributed by atoms with van der Waals surface area (Å²) in [7, 11) is 0. The van der Waals surface area contributed by atoms with Crippen molar-refractivity contribution in [3.63, 3.8) is 0 Å². The van der Waals surface area contributed by atoms with Crippen LogP contribution in [-0.4, -0.2) is 13.2 Å². The van der Waals surface area contributed by atoms with Gasteiger partial charge in [-0.2, -0.15) is 10.5 Å². The Morgan fingerprint density at radius 2 is 1.24 bits per heavy atom. The Hall–Kier alpha value is -4.52. The van der Waals surface area contributed by atoms with Gasteiger partial charge in [0.05, 0.1) is 25.9 Å². The molecule has 0 amide bonds. The van der Waals surface area contributed by atoms with Gasteiger partial charge < -0.3 is 9.47 Å². The van der Waals surface area contributed by atoms with Crippen LogP contribution < -0.4 is 9.47 Å². The lowest BCUT2D eigenvalue weighted by Crippen LogP contribution is -2.08. The fourth-order valence-electron chi connectivity index (χ4n) is 3.17. The first-order valence-corrected chi connectivity index (χ1v) is 10.9. The molecular weight excluding hydrogens is 424 g/mol. The maximum atomic E-state index is 9.00. The molecule has 2 rings (SSSR count). The van der Waals surface area contributed by atoms with E-state index < -0.39 is 0 Å². The van der Waals surface area contributed by atoms with Gasteiger partial charge in [-0.1, -0.05) is 31.2 Å². The molecule has 0 saturated heterocycles. The minimum absolute atomic E-state index is 0.0970. The Kier molecular flexibility index (Phi) is 9.94. The minimum Gasteiger partial charge on any atom is -0.494 e. The van der Waals surface area contributed by atoms with Crippen molar-refractivity contribution >= 4 is 11.1 Å². The predicted molar refractivity (Wildman–Crippen MR) is 131 cm³/mol. The first-order valence-electron chi connectivity index (χ1n) is 10.9. The second kappa shape index (κ2) is 13.1. The van der Waals surface area contributed by atoms with Gasteiger partial charge in [-0.3, -0.25) is 0 Å². The molecule has 0 bridgehead atoms. The molecule has 0 fully saturated rings. The summed E-state index contributed by atoms with van der Waals surface area (Å²) in [6.45, 7) is 13.9. The molecule has 0 saturated carbocycles. The van der Waals surface area contributed by atoms with Crippen molar-refractivity contribution in [3.05, 3.63) is 82.3 Å². The monoisotopic (exact) mass is 450 g/mol. The highest BCUT2D eigenvalue weighted by molar-refractivity contribution is 5.74. The zero-order valence-electron chi connectivity index (χ0n) is 19.6. The number of hydrogen-bond donors (Lipinski definition) is 0. The molecular formula is C28H26N4O2. The standard InChI is InChI=1S/C28H26N4O2/c1-20(13-15-33-26-9-5-23(6-10-26)21(2)25(17-29)18-30)14-16-34-27-11-7-24(8-12-27)22(3)28(19-31)32-4/h5-12,20H,13-16H2,1-3H3. The van der Waals surface area contributed by atoms with Crippen LogP contribution in [0.3, 0.4) is 0 Å². The fourth-order valence-corrected chi connectivity index (χ4v) is 3.17. The minimum atomic E-state index is 0.0970. The van der Waals surface area contributed by atoms with Gasteiger partial charge in [-0.05, 0) is 79.1 Å². The van der Waals surface area contributed by atoms with Crippen LogP contribution in [0, 0.1) is 46.5 Å². The van der Waals surface area contributed by atoms with Crippen molar-refractivity contribution in [2.75, 3.05) is 13.2 Å². The van der Waals surface area contributed by atoms with Crippen molar-refractivity contribution < 1.29 is 9.47 Å². The summed E-state index contributed by atoms with van der Waals surface area (Å²) in [6, 6.07) is 20.5. The van der Waals surface area contributed by atoms with Gasteiger partial charge in [0.2, 0.25) is 0 Å². The van der Waals surface area contributed by atoms with Gasteiger partial charge in [0.25, 0.3) is 5.70 Å². The quantitative estimate of drug-likeness (QED) is 0.302. The Morgan fingerprint density at radius 3 is 1.62 bits per heavy atom. The van der Waals surface area contributed by atoms with Crippen LogP contribution in [-0.2, 0) is 0 Å². The highest BCUT2D eigenvalue weighted by Gasteiger charge is 2.07. The highest BCUT2D eigenvalue weighted by atomic mass is 16.5. The molecule has 170 valence electrons. The van der Waals surface area contributed by atoms with Crippen LogP contribution in [0.2, 0.25) is 0 Å². The van der Waals surface area contributed by atoms with Crippen molar-refractivity contribution in [2.45, 2.75) is 33.6 Å².